The summed E-state index contributed by atoms with van der Waals surface area (Å²) in [6.45, 7) is 2.55. The summed E-state index contributed by atoms with van der Waals surface area (Å²) in [4.78, 5) is 11.2. The van der Waals surface area contributed by atoms with Gasteiger partial charge in [-0.15, -0.1) is 5.10 Å². The summed E-state index contributed by atoms with van der Waals surface area (Å²) < 4.78 is 1.61. The summed E-state index contributed by atoms with van der Waals surface area (Å²) in [5.41, 5.74) is -0.156. The van der Waals surface area contributed by atoms with Gasteiger partial charge < -0.3 is 0 Å². The molecule has 0 atom stereocenters. The molecule has 0 aromatic carbocycles. The third-order valence-electron chi connectivity index (χ3n) is 1.95. The lowest BCUT2D eigenvalue weighted by Crippen LogP contribution is -2.16. The van der Waals surface area contributed by atoms with Crippen molar-refractivity contribution in [3.05, 3.63) is 10.5 Å². The minimum Gasteiger partial charge on any atom is -0.270 e. The Bertz CT molecular complexity index is 390. The number of H-pyrrole nitrogens is 1. The molecule has 6 heteroatoms. The van der Waals surface area contributed by atoms with Crippen LogP contribution in [0.15, 0.2) is 9.95 Å². The van der Waals surface area contributed by atoms with Gasteiger partial charge in [0.1, 0.15) is 0 Å². The van der Waals surface area contributed by atoms with Crippen molar-refractivity contribution >= 4 is 11.8 Å². The standard InChI is InChI=1S/C9H14N4OS/c1-2-13-8(14)11-12-9(13)15-7-5-3-4-6-10/h2-5,7H2,1H3,(H,11,14). The van der Waals surface area contributed by atoms with Crippen LogP contribution in [0, 0.1) is 11.3 Å². The summed E-state index contributed by atoms with van der Waals surface area (Å²) >= 11 is 1.55. The van der Waals surface area contributed by atoms with Gasteiger partial charge >= 0.3 is 5.69 Å². The number of aromatic amines is 1. The lowest BCUT2D eigenvalue weighted by Gasteiger charge is -2.00. The minimum atomic E-state index is -0.156. The molecule has 0 amide bonds. The van der Waals surface area contributed by atoms with Crippen LogP contribution in [0.25, 0.3) is 0 Å². The maximum Gasteiger partial charge on any atom is 0.343 e. The molecule has 0 saturated heterocycles. The van der Waals surface area contributed by atoms with Gasteiger partial charge in [-0.05, 0) is 19.8 Å². The van der Waals surface area contributed by atoms with Crippen LogP contribution in [-0.4, -0.2) is 20.5 Å². The molecular weight excluding hydrogens is 212 g/mol. The topological polar surface area (TPSA) is 74.5 Å². The SMILES string of the molecule is CCn1c(SCCCCC#N)n[nH]c1=O. The molecular formula is C9H14N4OS. The lowest BCUT2D eigenvalue weighted by atomic mass is 10.3. The predicted octanol–water partition coefficient (Wildman–Crippen LogP) is 1.38. The number of hydrogen-bond donors (Lipinski definition) is 1. The van der Waals surface area contributed by atoms with E-state index in [2.05, 4.69) is 16.3 Å². The van der Waals surface area contributed by atoms with Gasteiger partial charge in [0, 0.05) is 18.7 Å². The number of unbranched alkanes of at least 4 members (excludes halogenated alkanes) is 2. The number of nitrogens with one attached hydrogen (secondary N) is 1. The van der Waals surface area contributed by atoms with Gasteiger partial charge in [0.25, 0.3) is 0 Å². The zero-order valence-electron chi connectivity index (χ0n) is 8.69. The van der Waals surface area contributed by atoms with Crippen molar-refractivity contribution in [3.8, 4) is 6.07 Å². The normalized spacial score (nSPS) is 10.1. The molecule has 0 unspecified atom stereocenters. The van der Waals surface area contributed by atoms with Gasteiger partial charge in [-0.3, -0.25) is 4.57 Å². The molecule has 1 heterocycles. The number of rotatable bonds is 6. The molecule has 0 radical (unpaired) electrons. The van der Waals surface area contributed by atoms with Crippen molar-refractivity contribution in [1.82, 2.24) is 14.8 Å². The molecule has 1 aromatic heterocycles. The van der Waals surface area contributed by atoms with Crippen LogP contribution in [-0.2, 0) is 6.54 Å². The van der Waals surface area contributed by atoms with Gasteiger partial charge in [-0.2, -0.15) is 5.26 Å². The molecule has 1 N–H and O–H groups in total. The third-order valence-corrected chi connectivity index (χ3v) is 3.02. The van der Waals surface area contributed by atoms with Gasteiger partial charge in [-0.25, -0.2) is 9.89 Å². The van der Waals surface area contributed by atoms with E-state index in [1.807, 2.05) is 6.92 Å². The van der Waals surface area contributed by atoms with Gasteiger partial charge in [-0.1, -0.05) is 11.8 Å². The van der Waals surface area contributed by atoms with E-state index in [9.17, 15) is 4.79 Å². The Morgan fingerprint density at radius 1 is 1.60 bits per heavy atom. The first-order valence-electron chi connectivity index (χ1n) is 4.94. The van der Waals surface area contributed by atoms with E-state index in [0.717, 1.165) is 23.8 Å². The average Bonchev–Trinajstić information content (AvgIpc) is 2.59. The number of aromatic nitrogens is 3. The van der Waals surface area contributed by atoms with Crippen LogP contribution in [0.1, 0.15) is 26.2 Å². The molecule has 15 heavy (non-hydrogen) atoms. The smallest absolute Gasteiger partial charge is 0.270 e. The zero-order chi connectivity index (χ0) is 11.1. The van der Waals surface area contributed by atoms with Crippen LogP contribution < -0.4 is 5.69 Å². The van der Waals surface area contributed by atoms with E-state index in [4.69, 9.17) is 5.26 Å². The Hall–Kier alpha value is -1.22. The molecule has 0 aliphatic rings. The van der Waals surface area contributed by atoms with Crippen molar-refractivity contribution in [2.24, 2.45) is 0 Å². The number of thioether (sulfide) groups is 1. The summed E-state index contributed by atoms with van der Waals surface area (Å²) in [6, 6.07) is 2.11. The van der Waals surface area contributed by atoms with Gasteiger partial charge in [0.15, 0.2) is 5.16 Å². The van der Waals surface area contributed by atoms with E-state index in [1.54, 1.807) is 16.3 Å². The van der Waals surface area contributed by atoms with E-state index in [-0.39, 0.29) is 5.69 Å². The van der Waals surface area contributed by atoms with Crippen molar-refractivity contribution in [1.29, 1.82) is 5.26 Å². The second-order valence-corrected chi connectivity index (χ2v) is 4.08. The quantitative estimate of drug-likeness (QED) is 0.587. The fraction of sp³-hybridized carbons (Fsp3) is 0.667. The first-order chi connectivity index (χ1) is 7.29. The summed E-state index contributed by atoms with van der Waals surface area (Å²) in [5, 5.41) is 15.4. The van der Waals surface area contributed by atoms with Gasteiger partial charge in [0.2, 0.25) is 0 Å². The van der Waals surface area contributed by atoms with Crippen molar-refractivity contribution in [3.63, 3.8) is 0 Å². The van der Waals surface area contributed by atoms with E-state index in [0.29, 0.717) is 13.0 Å². The molecule has 0 aliphatic heterocycles. The molecule has 5 nitrogen and oxygen atoms in total. The van der Waals surface area contributed by atoms with Crippen LogP contribution in [0.5, 0.6) is 0 Å². The average molecular weight is 226 g/mol. The highest BCUT2D eigenvalue weighted by atomic mass is 32.2. The Kier molecular flexibility index (Phi) is 4.98. The minimum absolute atomic E-state index is 0.156. The molecule has 0 aliphatic carbocycles. The van der Waals surface area contributed by atoms with Crippen LogP contribution in [0.3, 0.4) is 0 Å². The van der Waals surface area contributed by atoms with Crippen LogP contribution >= 0.6 is 11.8 Å². The Morgan fingerprint density at radius 3 is 3.07 bits per heavy atom. The monoisotopic (exact) mass is 226 g/mol. The van der Waals surface area contributed by atoms with E-state index < -0.39 is 0 Å². The highest BCUT2D eigenvalue weighted by Gasteiger charge is 2.05. The summed E-state index contributed by atoms with van der Waals surface area (Å²) in [5.74, 6) is 0.895. The van der Waals surface area contributed by atoms with Crippen molar-refractivity contribution < 1.29 is 0 Å². The summed E-state index contributed by atoms with van der Waals surface area (Å²) in [7, 11) is 0. The van der Waals surface area contributed by atoms with E-state index >= 15 is 0 Å². The van der Waals surface area contributed by atoms with Crippen LogP contribution in [0.4, 0.5) is 0 Å². The Labute approximate surface area is 92.5 Å². The highest BCUT2D eigenvalue weighted by Crippen LogP contribution is 2.15. The summed E-state index contributed by atoms with van der Waals surface area (Å²) in [6.07, 6.45) is 2.48. The largest absolute Gasteiger partial charge is 0.343 e. The fourth-order valence-corrected chi connectivity index (χ4v) is 2.17. The maximum absolute atomic E-state index is 11.2. The first-order valence-corrected chi connectivity index (χ1v) is 5.93. The Balaban J connectivity index is 2.38. The van der Waals surface area contributed by atoms with Gasteiger partial charge in [0.05, 0.1) is 6.07 Å². The fourth-order valence-electron chi connectivity index (χ4n) is 1.16. The maximum atomic E-state index is 11.2. The Morgan fingerprint density at radius 2 is 2.40 bits per heavy atom. The number of hydrogen-bond acceptors (Lipinski definition) is 4. The highest BCUT2D eigenvalue weighted by molar-refractivity contribution is 7.99. The third kappa shape index (κ3) is 3.44. The molecule has 0 saturated carbocycles. The predicted molar refractivity (Wildman–Crippen MR) is 58.7 cm³/mol. The molecule has 0 spiro atoms. The molecule has 0 bridgehead atoms. The van der Waals surface area contributed by atoms with E-state index in [1.165, 1.54) is 0 Å². The lowest BCUT2D eigenvalue weighted by molar-refractivity contribution is 0.660. The number of nitrogens with zero attached hydrogens (tertiary/aromatic N) is 3. The zero-order valence-corrected chi connectivity index (χ0v) is 9.51. The molecule has 0 fully saturated rings. The molecule has 82 valence electrons. The second-order valence-electron chi connectivity index (χ2n) is 3.02. The van der Waals surface area contributed by atoms with Crippen molar-refractivity contribution in [2.75, 3.05) is 5.75 Å². The van der Waals surface area contributed by atoms with Crippen LogP contribution in [0.2, 0.25) is 0 Å². The number of nitriles is 1. The first kappa shape index (κ1) is 11.9. The second kappa shape index (κ2) is 6.30. The molecule has 1 aromatic rings. The van der Waals surface area contributed by atoms with Crippen molar-refractivity contribution in [2.45, 2.75) is 37.9 Å². The molecule has 1 rings (SSSR count).